The summed E-state index contributed by atoms with van der Waals surface area (Å²) < 4.78 is 13.6. The molecule has 106 valence electrons. The highest BCUT2D eigenvalue weighted by Crippen LogP contribution is 2.19. The monoisotopic (exact) mass is 266 g/mol. The number of hydrogen-bond donors (Lipinski definition) is 2. The third kappa shape index (κ3) is 4.23. The van der Waals surface area contributed by atoms with E-state index in [4.69, 9.17) is 0 Å². The Labute approximate surface area is 114 Å². The minimum absolute atomic E-state index is 0.0791. The Bertz CT molecular complexity index is 434. The van der Waals surface area contributed by atoms with Crippen molar-refractivity contribution in [1.29, 1.82) is 0 Å². The van der Waals surface area contributed by atoms with E-state index in [0.29, 0.717) is 11.5 Å². The van der Waals surface area contributed by atoms with Crippen LogP contribution in [0.15, 0.2) is 18.2 Å². The minimum atomic E-state index is -0.412. The number of benzene rings is 1. The second kappa shape index (κ2) is 7.12. The number of carbonyl (C=O) groups excluding carboxylic acids is 1. The molecule has 0 heterocycles. The SMILES string of the molecule is CCC(C)CC(C)NC(=O)c1cccc(F)c1NC. The zero-order valence-electron chi connectivity index (χ0n) is 12.1. The zero-order chi connectivity index (χ0) is 14.4. The molecule has 2 N–H and O–H groups in total. The molecule has 1 aromatic carbocycles. The van der Waals surface area contributed by atoms with Crippen LogP contribution in [-0.2, 0) is 0 Å². The van der Waals surface area contributed by atoms with Crippen LogP contribution < -0.4 is 10.6 Å². The van der Waals surface area contributed by atoms with Crippen LogP contribution in [0.2, 0.25) is 0 Å². The van der Waals surface area contributed by atoms with E-state index < -0.39 is 5.82 Å². The van der Waals surface area contributed by atoms with Gasteiger partial charge in [-0.1, -0.05) is 26.3 Å². The first-order chi connectivity index (χ1) is 8.99. The largest absolute Gasteiger partial charge is 0.385 e. The number of hydrogen-bond acceptors (Lipinski definition) is 2. The maximum Gasteiger partial charge on any atom is 0.253 e. The molecule has 0 saturated heterocycles. The summed E-state index contributed by atoms with van der Waals surface area (Å²) in [6.45, 7) is 6.26. The predicted octanol–water partition coefficient (Wildman–Crippen LogP) is 3.42. The molecule has 2 unspecified atom stereocenters. The summed E-state index contributed by atoms with van der Waals surface area (Å²) in [6, 6.07) is 4.59. The first kappa shape index (κ1) is 15.5. The molecule has 0 aliphatic heterocycles. The number of anilines is 1. The van der Waals surface area contributed by atoms with E-state index in [9.17, 15) is 9.18 Å². The van der Waals surface area contributed by atoms with E-state index in [-0.39, 0.29) is 17.6 Å². The van der Waals surface area contributed by atoms with E-state index in [0.717, 1.165) is 12.8 Å². The van der Waals surface area contributed by atoms with Crippen molar-refractivity contribution in [1.82, 2.24) is 5.32 Å². The number of rotatable bonds is 6. The molecule has 1 rings (SSSR count). The Balaban J connectivity index is 2.76. The molecular formula is C15H23FN2O. The van der Waals surface area contributed by atoms with E-state index in [1.807, 2.05) is 6.92 Å². The zero-order valence-corrected chi connectivity index (χ0v) is 12.1. The van der Waals surface area contributed by atoms with Gasteiger partial charge in [-0.05, 0) is 31.4 Å². The van der Waals surface area contributed by atoms with Gasteiger partial charge >= 0.3 is 0 Å². The Morgan fingerprint density at radius 1 is 1.37 bits per heavy atom. The summed E-state index contributed by atoms with van der Waals surface area (Å²) in [7, 11) is 1.61. The van der Waals surface area contributed by atoms with Crippen molar-refractivity contribution < 1.29 is 9.18 Å². The molecule has 0 fully saturated rings. The van der Waals surface area contributed by atoms with Gasteiger partial charge in [-0.3, -0.25) is 4.79 Å². The van der Waals surface area contributed by atoms with Gasteiger partial charge in [-0.2, -0.15) is 0 Å². The second-order valence-electron chi connectivity index (χ2n) is 5.04. The molecule has 0 aromatic heterocycles. The van der Waals surface area contributed by atoms with Crippen molar-refractivity contribution in [3.63, 3.8) is 0 Å². The average Bonchev–Trinajstić information content (AvgIpc) is 2.37. The summed E-state index contributed by atoms with van der Waals surface area (Å²) in [4.78, 5) is 12.1. The van der Waals surface area contributed by atoms with Crippen molar-refractivity contribution in [2.75, 3.05) is 12.4 Å². The summed E-state index contributed by atoms with van der Waals surface area (Å²) in [5, 5.41) is 5.65. The molecule has 1 amide bonds. The lowest BCUT2D eigenvalue weighted by molar-refractivity contribution is 0.0936. The quantitative estimate of drug-likeness (QED) is 0.828. The van der Waals surface area contributed by atoms with Gasteiger partial charge in [0.1, 0.15) is 5.82 Å². The first-order valence-corrected chi connectivity index (χ1v) is 6.76. The first-order valence-electron chi connectivity index (χ1n) is 6.76. The molecule has 0 saturated carbocycles. The Morgan fingerprint density at radius 3 is 2.63 bits per heavy atom. The van der Waals surface area contributed by atoms with Gasteiger partial charge in [0, 0.05) is 13.1 Å². The standard InChI is InChI=1S/C15H23FN2O/c1-5-10(2)9-11(3)18-15(19)12-7-6-8-13(16)14(12)17-4/h6-8,10-11,17H,5,9H2,1-4H3,(H,18,19). The molecule has 0 spiro atoms. The molecule has 0 aliphatic rings. The van der Waals surface area contributed by atoms with Gasteiger partial charge in [0.05, 0.1) is 11.3 Å². The molecule has 4 heteroatoms. The highest BCUT2D eigenvalue weighted by atomic mass is 19.1. The average molecular weight is 266 g/mol. The maximum absolute atomic E-state index is 13.6. The lowest BCUT2D eigenvalue weighted by Crippen LogP contribution is -2.34. The van der Waals surface area contributed by atoms with E-state index in [1.165, 1.54) is 6.07 Å². The fraction of sp³-hybridized carbons (Fsp3) is 0.533. The highest BCUT2D eigenvalue weighted by Gasteiger charge is 2.16. The summed E-state index contributed by atoms with van der Waals surface area (Å²) in [5.74, 6) is -0.0871. The van der Waals surface area contributed by atoms with Crippen LogP contribution >= 0.6 is 0 Å². The molecule has 19 heavy (non-hydrogen) atoms. The predicted molar refractivity (Wildman–Crippen MR) is 76.9 cm³/mol. The topological polar surface area (TPSA) is 41.1 Å². The van der Waals surface area contributed by atoms with E-state index >= 15 is 0 Å². The summed E-state index contributed by atoms with van der Waals surface area (Å²) >= 11 is 0. The van der Waals surface area contributed by atoms with Crippen molar-refractivity contribution in [2.45, 2.75) is 39.7 Å². The highest BCUT2D eigenvalue weighted by molar-refractivity contribution is 5.99. The van der Waals surface area contributed by atoms with E-state index in [1.54, 1.807) is 19.2 Å². The number of para-hydroxylation sites is 1. The van der Waals surface area contributed by atoms with Crippen LogP contribution in [0.1, 0.15) is 44.0 Å². The fourth-order valence-electron chi connectivity index (χ4n) is 2.10. The van der Waals surface area contributed by atoms with E-state index in [2.05, 4.69) is 24.5 Å². The molecule has 3 nitrogen and oxygen atoms in total. The second-order valence-corrected chi connectivity index (χ2v) is 5.04. The van der Waals surface area contributed by atoms with Crippen LogP contribution in [-0.4, -0.2) is 19.0 Å². The Kier molecular flexibility index (Phi) is 5.80. The van der Waals surface area contributed by atoms with Gasteiger partial charge in [0.15, 0.2) is 0 Å². The molecule has 2 atom stereocenters. The lowest BCUT2D eigenvalue weighted by Gasteiger charge is -2.18. The minimum Gasteiger partial charge on any atom is -0.385 e. The van der Waals surface area contributed by atoms with Gasteiger partial charge in [-0.25, -0.2) is 4.39 Å². The third-order valence-corrected chi connectivity index (χ3v) is 3.34. The summed E-state index contributed by atoms with van der Waals surface area (Å²) in [5.41, 5.74) is 0.592. The molecule has 0 radical (unpaired) electrons. The molecular weight excluding hydrogens is 243 g/mol. The van der Waals surface area contributed by atoms with Gasteiger partial charge < -0.3 is 10.6 Å². The normalized spacial score (nSPS) is 13.7. The lowest BCUT2D eigenvalue weighted by atomic mass is 10.00. The number of halogens is 1. The smallest absolute Gasteiger partial charge is 0.253 e. The molecule has 0 aliphatic carbocycles. The number of amides is 1. The van der Waals surface area contributed by atoms with Crippen molar-refractivity contribution in [3.05, 3.63) is 29.6 Å². The van der Waals surface area contributed by atoms with Crippen LogP contribution in [0.25, 0.3) is 0 Å². The Hall–Kier alpha value is -1.58. The van der Waals surface area contributed by atoms with Crippen LogP contribution in [0, 0.1) is 11.7 Å². The van der Waals surface area contributed by atoms with Gasteiger partial charge in [0.2, 0.25) is 0 Å². The van der Waals surface area contributed by atoms with Crippen LogP contribution in [0.5, 0.6) is 0 Å². The maximum atomic E-state index is 13.6. The fourth-order valence-corrected chi connectivity index (χ4v) is 2.10. The third-order valence-electron chi connectivity index (χ3n) is 3.34. The van der Waals surface area contributed by atoms with Crippen molar-refractivity contribution >= 4 is 11.6 Å². The van der Waals surface area contributed by atoms with Gasteiger partial charge in [-0.15, -0.1) is 0 Å². The van der Waals surface area contributed by atoms with Crippen LogP contribution in [0.3, 0.4) is 0 Å². The van der Waals surface area contributed by atoms with Crippen LogP contribution in [0.4, 0.5) is 10.1 Å². The number of nitrogens with one attached hydrogen (secondary N) is 2. The summed E-state index contributed by atoms with van der Waals surface area (Å²) in [6.07, 6.45) is 2.01. The Morgan fingerprint density at radius 2 is 2.05 bits per heavy atom. The number of carbonyl (C=O) groups is 1. The van der Waals surface area contributed by atoms with Crippen molar-refractivity contribution in [2.24, 2.45) is 5.92 Å². The molecule has 0 bridgehead atoms. The van der Waals surface area contributed by atoms with Crippen molar-refractivity contribution in [3.8, 4) is 0 Å². The molecule has 1 aromatic rings. The van der Waals surface area contributed by atoms with Gasteiger partial charge in [0.25, 0.3) is 5.91 Å².